The van der Waals surface area contributed by atoms with Crippen LogP contribution in [-0.4, -0.2) is 56.1 Å². The lowest BCUT2D eigenvalue weighted by atomic mass is 10.1. The lowest BCUT2D eigenvalue weighted by molar-refractivity contribution is 0.113. The molecule has 1 fully saturated rings. The molecule has 1 aromatic carbocycles. The van der Waals surface area contributed by atoms with Crippen LogP contribution in [0, 0.1) is 12.7 Å². The van der Waals surface area contributed by atoms with Gasteiger partial charge < -0.3 is 10.2 Å². The minimum Gasteiger partial charge on any atom is -0.311 e. The van der Waals surface area contributed by atoms with E-state index < -0.39 is 0 Å². The fraction of sp³-hybridized carbons (Fsp3) is 0.600. The molecule has 0 amide bonds. The van der Waals surface area contributed by atoms with E-state index in [1.165, 1.54) is 11.6 Å². The number of aryl methyl sites for hydroxylation is 1. The van der Waals surface area contributed by atoms with Crippen LogP contribution >= 0.6 is 0 Å². The van der Waals surface area contributed by atoms with Crippen LogP contribution in [0.1, 0.15) is 11.1 Å². The molecule has 1 saturated heterocycles. The minimum atomic E-state index is -0.158. The Labute approximate surface area is 115 Å². The van der Waals surface area contributed by atoms with Gasteiger partial charge >= 0.3 is 0 Å². The van der Waals surface area contributed by atoms with E-state index in [-0.39, 0.29) is 5.82 Å². The first-order valence-corrected chi connectivity index (χ1v) is 6.91. The van der Waals surface area contributed by atoms with Crippen molar-refractivity contribution in [3.05, 3.63) is 35.1 Å². The number of nitrogens with zero attached hydrogens (tertiary/aromatic N) is 2. The Bertz CT molecular complexity index is 422. The number of hydrogen-bond donors (Lipinski definition) is 1. The highest BCUT2D eigenvalue weighted by molar-refractivity contribution is 5.26. The van der Waals surface area contributed by atoms with Crippen molar-refractivity contribution in [2.75, 3.05) is 40.3 Å². The van der Waals surface area contributed by atoms with Crippen molar-refractivity contribution in [2.24, 2.45) is 0 Å². The Hall–Kier alpha value is -0.970. The van der Waals surface area contributed by atoms with E-state index in [4.69, 9.17) is 0 Å². The first-order valence-electron chi connectivity index (χ1n) is 6.91. The summed E-state index contributed by atoms with van der Waals surface area (Å²) in [5.74, 6) is -0.158. The van der Waals surface area contributed by atoms with Crippen molar-refractivity contribution in [3.8, 4) is 0 Å². The standard InChI is InChI=1S/C15H24FN3/c1-12-8-14(16)5-4-13(12)9-17-10-15-11-18(2)6-7-19(15)3/h4-5,8,15,17H,6-7,9-11H2,1-3H3. The van der Waals surface area contributed by atoms with Gasteiger partial charge in [0.25, 0.3) is 0 Å². The largest absolute Gasteiger partial charge is 0.311 e. The summed E-state index contributed by atoms with van der Waals surface area (Å²) in [5.41, 5.74) is 2.19. The molecule has 0 spiro atoms. The van der Waals surface area contributed by atoms with Gasteiger partial charge in [-0.15, -0.1) is 0 Å². The van der Waals surface area contributed by atoms with Crippen molar-refractivity contribution in [2.45, 2.75) is 19.5 Å². The van der Waals surface area contributed by atoms with E-state index in [1.807, 2.05) is 13.0 Å². The molecule has 0 radical (unpaired) electrons. The van der Waals surface area contributed by atoms with E-state index in [9.17, 15) is 4.39 Å². The Morgan fingerprint density at radius 1 is 1.32 bits per heavy atom. The van der Waals surface area contributed by atoms with Gasteiger partial charge in [-0.1, -0.05) is 6.07 Å². The second kappa shape index (κ2) is 6.46. The summed E-state index contributed by atoms with van der Waals surface area (Å²) in [6, 6.07) is 5.55. The van der Waals surface area contributed by atoms with Gasteiger partial charge in [0.05, 0.1) is 0 Å². The predicted octanol–water partition coefficient (Wildman–Crippen LogP) is 1.47. The van der Waals surface area contributed by atoms with Gasteiger partial charge in [-0.3, -0.25) is 4.90 Å². The van der Waals surface area contributed by atoms with Crippen LogP contribution in [0.3, 0.4) is 0 Å². The summed E-state index contributed by atoms with van der Waals surface area (Å²) < 4.78 is 13.0. The van der Waals surface area contributed by atoms with Crippen molar-refractivity contribution in [1.82, 2.24) is 15.1 Å². The average molecular weight is 265 g/mol. The Kier molecular flexibility index (Phi) is 4.91. The smallest absolute Gasteiger partial charge is 0.123 e. The highest BCUT2D eigenvalue weighted by Gasteiger charge is 2.21. The number of benzene rings is 1. The molecule has 19 heavy (non-hydrogen) atoms. The quantitative estimate of drug-likeness (QED) is 0.889. The minimum absolute atomic E-state index is 0.158. The van der Waals surface area contributed by atoms with Gasteiger partial charge in [-0.2, -0.15) is 0 Å². The lowest BCUT2D eigenvalue weighted by Crippen LogP contribution is -2.53. The molecule has 1 N–H and O–H groups in total. The van der Waals surface area contributed by atoms with Crippen LogP contribution in [0.4, 0.5) is 4.39 Å². The molecule has 1 aromatic rings. The number of hydrogen-bond acceptors (Lipinski definition) is 3. The lowest BCUT2D eigenvalue weighted by Gasteiger charge is -2.37. The van der Waals surface area contributed by atoms with Crippen molar-refractivity contribution >= 4 is 0 Å². The maximum Gasteiger partial charge on any atom is 0.123 e. The highest BCUT2D eigenvalue weighted by atomic mass is 19.1. The van der Waals surface area contributed by atoms with Crippen LogP contribution in [0.5, 0.6) is 0 Å². The van der Waals surface area contributed by atoms with Crippen LogP contribution in [0.15, 0.2) is 18.2 Å². The van der Waals surface area contributed by atoms with E-state index in [1.54, 1.807) is 6.07 Å². The van der Waals surface area contributed by atoms with E-state index >= 15 is 0 Å². The molecule has 3 nitrogen and oxygen atoms in total. The number of nitrogens with one attached hydrogen (secondary N) is 1. The molecule has 2 rings (SSSR count). The molecule has 106 valence electrons. The SMILES string of the molecule is Cc1cc(F)ccc1CNCC1CN(C)CCN1C. The molecule has 1 unspecified atom stereocenters. The third-order valence-corrected chi connectivity index (χ3v) is 3.98. The topological polar surface area (TPSA) is 18.5 Å². The van der Waals surface area contributed by atoms with Gasteiger partial charge in [-0.25, -0.2) is 4.39 Å². The number of piperazine rings is 1. The first kappa shape index (κ1) is 14.4. The van der Waals surface area contributed by atoms with Crippen molar-refractivity contribution in [1.29, 1.82) is 0 Å². The summed E-state index contributed by atoms with van der Waals surface area (Å²) in [6.45, 7) is 7.10. The number of rotatable bonds is 4. The van der Waals surface area contributed by atoms with Gasteiger partial charge in [0.1, 0.15) is 5.82 Å². The molecular formula is C15H24FN3. The molecule has 0 aliphatic carbocycles. The van der Waals surface area contributed by atoms with Crippen LogP contribution in [0.25, 0.3) is 0 Å². The summed E-state index contributed by atoms with van der Waals surface area (Å²) in [4.78, 5) is 4.78. The molecule has 1 aliphatic rings. The van der Waals surface area contributed by atoms with E-state index in [0.29, 0.717) is 6.04 Å². The molecule has 0 bridgehead atoms. The normalized spacial score (nSPS) is 21.8. The molecule has 0 aromatic heterocycles. The van der Waals surface area contributed by atoms with Crippen LogP contribution in [-0.2, 0) is 6.54 Å². The number of halogens is 1. The fourth-order valence-electron chi connectivity index (χ4n) is 2.55. The van der Waals surface area contributed by atoms with Crippen LogP contribution < -0.4 is 5.32 Å². The van der Waals surface area contributed by atoms with Crippen molar-refractivity contribution < 1.29 is 4.39 Å². The average Bonchev–Trinajstić information content (AvgIpc) is 2.36. The summed E-state index contributed by atoms with van der Waals surface area (Å²) in [7, 11) is 4.35. The van der Waals surface area contributed by atoms with Crippen molar-refractivity contribution in [3.63, 3.8) is 0 Å². The second-order valence-corrected chi connectivity index (χ2v) is 5.60. The zero-order chi connectivity index (χ0) is 13.8. The molecule has 0 saturated carbocycles. The highest BCUT2D eigenvalue weighted by Crippen LogP contribution is 2.10. The molecule has 4 heteroatoms. The summed E-state index contributed by atoms with van der Waals surface area (Å²) >= 11 is 0. The van der Waals surface area contributed by atoms with Gasteiger partial charge in [-0.05, 0) is 44.3 Å². The van der Waals surface area contributed by atoms with Gasteiger partial charge in [0.2, 0.25) is 0 Å². The van der Waals surface area contributed by atoms with Crippen LogP contribution in [0.2, 0.25) is 0 Å². The number of likely N-dealkylation sites (N-methyl/N-ethyl adjacent to an activating group) is 2. The van der Waals surface area contributed by atoms with Gasteiger partial charge in [0, 0.05) is 38.8 Å². The maximum absolute atomic E-state index is 13.0. The monoisotopic (exact) mass is 265 g/mol. The fourth-order valence-corrected chi connectivity index (χ4v) is 2.55. The first-order chi connectivity index (χ1) is 9.06. The van der Waals surface area contributed by atoms with Gasteiger partial charge in [0.15, 0.2) is 0 Å². The third-order valence-electron chi connectivity index (χ3n) is 3.98. The molecule has 1 aliphatic heterocycles. The zero-order valence-electron chi connectivity index (χ0n) is 12.1. The predicted molar refractivity (Wildman–Crippen MR) is 76.8 cm³/mol. The zero-order valence-corrected chi connectivity index (χ0v) is 12.1. The Morgan fingerprint density at radius 3 is 2.84 bits per heavy atom. The second-order valence-electron chi connectivity index (χ2n) is 5.60. The van der Waals surface area contributed by atoms with E-state index in [0.717, 1.165) is 38.3 Å². The third kappa shape index (κ3) is 4.00. The summed E-state index contributed by atoms with van der Waals surface area (Å²) in [5, 5.41) is 3.49. The Balaban J connectivity index is 1.82. The maximum atomic E-state index is 13.0. The molecule has 1 atom stereocenters. The molecular weight excluding hydrogens is 241 g/mol. The Morgan fingerprint density at radius 2 is 2.11 bits per heavy atom. The summed E-state index contributed by atoms with van der Waals surface area (Å²) in [6.07, 6.45) is 0. The van der Waals surface area contributed by atoms with E-state index in [2.05, 4.69) is 29.2 Å². The molecule has 1 heterocycles.